The summed E-state index contributed by atoms with van der Waals surface area (Å²) in [6.45, 7) is 5.38. The van der Waals surface area contributed by atoms with Crippen LogP contribution in [0.25, 0.3) is 0 Å². The zero-order chi connectivity index (χ0) is 28.3. The van der Waals surface area contributed by atoms with E-state index in [1.807, 2.05) is 0 Å². The largest absolute Gasteiger partial charge is 0.480 e. The van der Waals surface area contributed by atoms with E-state index in [0.29, 0.717) is 13.1 Å². The van der Waals surface area contributed by atoms with Gasteiger partial charge in [-0.3, -0.25) is 4.79 Å². The van der Waals surface area contributed by atoms with Gasteiger partial charge in [-0.25, -0.2) is 9.59 Å². The Labute approximate surface area is 235 Å². The van der Waals surface area contributed by atoms with E-state index in [4.69, 9.17) is 20.3 Å². The van der Waals surface area contributed by atoms with Crippen LogP contribution in [-0.4, -0.2) is 66.6 Å². The van der Waals surface area contributed by atoms with Gasteiger partial charge < -0.3 is 30.9 Å². The van der Waals surface area contributed by atoms with Gasteiger partial charge in [-0.2, -0.15) is 11.8 Å². The van der Waals surface area contributed by atoms with Crippen LogP contribution in [0.2, 0.25) is 0 Å². The number of thioether (sulfide) groups is 1. The van der Waals surface area contributed by atoms with Crippen molar-refractivity contribution in [1.82, 2.24) is 10.6 Å². The summed E-state index contributed by atoms with van der Waals surface area (Å²) in [5.74, 6) is -0.647. The lowest BCUT2D eigenvalue weighted by atomic mass is 10.1. The maximum absolute atomic E-state index is 12.2. The highest BCUT2D eigenvalue weighted by Crippen LogP contribution is 2.11. The SMILES string of the molecule is CCCCCCCCCCNC(=O)OCC(CSCC(N)C(=O)O)OC(=O)NCCCCCCCCCC. The molecule has 2 unspecified atom stereocenters. The fourth-order valence-corrected chi connectivity index (χ4v) is 4.79. The molecule has 0 saturated heterocycles. The zero-order valence-corrected chi connectivity index (χ0v) is 24.8. The predicted octanol–water partition coefficient (Wildman–Crippen LogP) is 6.23. The molecule has 0 fully saturated rings. The minimum atomic E-state index is -1.09. The second-order valence-electron chi connectivity index (χ2n) is 9.91. The monoisotopic (exact) mass is 561 g/mol. The molecule has 2 amide bonds. The first kappa shape index (κ1) is 36.3. The molecule has 0 spiro atoms. The van der Waals surface area contributed by atoms with Crippen LogP contribution in [0.15, 0.2) is 0 Å². The lowest BCUT2D eigenvalue weighted by Crippen LogP contribution is -2.37. The van der Waals surface area contributed by atoms with E-state index in [-0.39, 0.29) is 18.1 Å². The molecule has 0 aliphatic rings. The molecule has 2 atom stereocenters. The number of aliphatic carboxylic acids is 1. The number of nitrogens with two attached hydrogens (primary N) is 1. The average Bonchev–Trinajstić information content (AvgIpc) is 2.89. The minimum Gasteiger partial charge on any atom is -0.480 e. The number of amides is 2. The topological polar surface area (TPSA) is 140 Å². The summed E-state index contributed by atoms with van der Waals surface area (Å²) in [6.07, 6.45) is 17.1. The van der Waals surface area contributed by atoms with E-state index >= 15 is 0 Å². The molecule has 0 rings (SSSR count). The first-order valence-electron chi connectivity index (χ1n) is 14.8. The van der Waals surface area contributed by atoms with E-state index in [9.17, 15) is 14.4 Å². The molecule has 0 aromatic heterocycles. The van der Waals surface area contributed by atoms with Gasteiger partial charge in [0.1, 0.15) is 18.8 Å². The van der Waals surface area contributed by atoms with Gasteiger partial charge >= 0.3 is 18.2 Å². The van der Waals surface area contributed by atoms with Crippen molar-refractivity contribution in [3.63, 3.8) is 0 Å². The molecule has 0 aromatic rings. The molecule has 5 N–H and O–H groups in total. The van der Waals surface area contributed by atoms with Crippen molar-refractivity contribution in [1.29, 1.82) is 0 Å². The lowest BCUT2D eigenvalue weighted by molar-refractivity contribution is -0.137. The number of hydrogen-bond donors (Lipinski definition) is 4. The number of ether oxygens (including phenoxy) is 2. The van der Waals surface area contributed by atoms with Crippen molar-refractivity contribution in [2.75, 3.05) is 31.2 Å². The molecule has 224 valence electrons. The smallest absolute Gasteiger partial charge is 0.407 e. The van der Waals surface area contributed by atoms with E-state index in [1.165, 1.54) is 82.4 Å². The van der Waals surface area contributed by atoms with Gasteiger partial charge in [0.15, 0.2) is 0 Å². The van der Waals surface area contributed by atoms with Crippen LogP contribution in [0.1, 0.15) is 117 Å². The van der Waals surface area contributed by atoms with Crippen molar-refractivity contribution in [3.8, 4) is 0 Å². The summed E-state index contributed by atoms with van der Waals surface area (Å²) in [6, 6.07) is -1.01. The highest BCUT2D eigenvalue weighted by atomic mass is 32.2. The Kier molecular flexibility index (Phi) is 25.7. The Morgan fingerprint density at radius 3 is 1.63 bits per heavy atom. The number of nitrogens with one attached hydrogen (secondary N) is 2. The van der Waals surface area contributed by atoms with E-state index < -0.39 is 30.3 Å². The molecule has 0 aromatic carbocycles. The number of unbranched alkanes of at least 4 members (excludes halogenated alkanes) is 14. The van der Waals surface area contributed by atoms with Crippen LogP contribution in [0.3, 0.4) is 0 Å². The summed E-state index contributed by atoms with van der Waals surface area (Å²) < 4.78 is 10.7. The Bertz CT molecular complexity index is 597. The first-order valence-corrected chi connectivity index (χ1v) is 16.0. The summed E-state index contributed by atoms with van der Waals surface area (Å²) in [4.78, 5) is 35.3. The number of carbonyl (C=O) groups is 3. The van der Waals surface area contributed by atoms with Gasteiger partial charge in [0, 0.05) is 24.6 Å². The summed E-state index contributed by atoms with van der Waals surface area (Å²) in [7, 11) is 0. The number of alkyl carbamates (subject to hydrolysis) is 2. The quantitative estimate of drug-likeness (QED) is 0.0911. The fraction of sp³-hybridized carbons (Fsp3) is 0.893. The summed E-state index contributed by atoms with van der Waals surface area (Å²) in [5.41, 5.74) is 5.55. The van der Waals surface area contributed by atoms with Crippen LogP contribution in [0.5, 0.6) is 0 Å². The molecule has 0 bridgehead atoms. The molecule has 38 heavy (non-hydrogen) atoms. The van der Waals surface area contributed by atoms with Crippen LogP contribution >= 0.6 is 11.8 Å². The number of carboxylic acid groups (broad SMARTS) is 1. The maximum atomic E-state index is 12.2. The second-order valence-corrected chi connectivity index (χ2v) is 11.0. The molecule has 0 radical (unpaired) electrons. The molecule has 9 nitrogen and oxygen atoms in total. The van der Waals surface area contributed by atoms with Gasteiger partial charge in [-0.15, -0.1) is 0 Å². The zero-order valence-electron chi connectivity index (χ0n) is 24.0. The van der Waals surface area contributed by atoms with E-state index in [0.717, 1.165) is 32.1 Å². The van der Waals surface area contributed by atoms with Gasteiger partial charge in [0.25, 0.3) is 0 Å². The van der Waals surface area contributed by atoms with Crippen LogP contribution in [-0.2, 0) is 14.3 Å². The number of hydrogen-bond acceptors (Lipinski definition) is 7. The van der Waals surface area contributed by atoms with Gasteiger partial charge in [0.05, 0.1) is 0 Å². The Balaban J connectivity index is 4.20. The van der Waals surface area contributed by atoms with E-state index in [2.05, 4.69) is 24.5 Å². The van der Waals surface area contributed by atoms with Crippen molar-refractivity contribution >= 4 is 29.9 Å². The normalized spacial score (nSPS) is 12.5. The first-order chi connectivity index (χ1) is 18.4. The number of rotatable bonds is 26. The molecule has 10 heteroatoms. The Morgan fingerprint density at radius 2 is 1.16 bits per heavy atom. The van der Waals surface area contributed by atoms with E-state index in [1.54, 1.807) is 0 Å². The second kappa shape index (κ2) is 26.9. The molecule has 0 saturated carbocycles. The third-order valence-corrected chi connectivity index (χ3v) is 7.39. The molecular formula is C28H55N3O6S. The summed E-state index contributed by atoms with van der Waals surface area (Å²) >= 11 is 1.25. The molecular weight excluding hydrogens is 506 g/mol. The van der Waals surface area contributed by atoms with Crippen molar-refractivity contribution < 1.29 is 29.0 Å². The lowest BCUT2D eigenvalue weighted by Gasteiger charge is -2.19. The van der Waals surface area contributed by atoms with Crippen molar-refractivity contribution in [3.05, 3.63) is 0 Å². The van der Waals surface area contributed by atoms with Crippen LogP contribution in [0.4, 0.5) is 9.59 Å². The Hall–Kier alpha value is -1.68. The molecule has 0 aliphatic carbocycles. The highest BCUT2D eigenvalue weighted by molar-refractivity contribution is 7.99. The minimum absolute atomic E-state index is 0.107. The van der Waals surface area contributed by atoms with Crippen LogP contribution in [0, 0.1) is 0 Å². The third-order valence-electron chi connectivity index (χ3n) is 6.19. The van der Waals surface area contributed by atoms with Crippen molar-refractivity contribution in [2.24, 2.45) is 5.73 Å². The van der Waals surface area contributed by atoms with Gasteiger partial charge in [0.2, 0.25) is 0 Å². The average molecular weight is 562 g/mol. The summed E-state index contributed by atoms with van der Waals surface area (Å²) in [5, 5.41) is 14.4. The molecule has 0 aliphatic heterocycles. The van der Waals surface area contributed by atoms with Gasteiger partial charge in [-0.1, -0.05) is 104 Å². The van der Waals surface area contributed by atoms with Gasteiger partial charge in [-0.05, 0) is 12.8 Å². The number of carbonyl (C=O) groups excluding carboxylic acids is 2. The molecule has 0 heterocycles. The highest BCUT2D eigenvalue weighted by Gasteiger charge is 2.19. The maximum Gasteiger partial charge on any atom is 0.407 e. The standard InChI is InChI=1S/C28H55N3O6S/c1-3-5-7-9-11-13-15-17-19-30-27(34)36-21-24(22-38-23-25(29)26(32)33)37-28(35)31-20-18-16-14-12-10-8-6-4-2/h24-25H,3-23,29H2,1-2H3,(H,30,34)(H,31,35)(H,32,33). The predicted molar refractivity (Wildman–Crippen MR) is 156 cm³/mol. The van der Waals surface area contributed by atoms with Crippen LogP contribution < -0.4 is 16.4 Å². The number of carboxylic acids is 1. The Morgan fingerprint density at radius 1 is 0.711 bits per heavy atom. The third kappa shape index (κ3) is 24.6. The van der Waals surface area contributed by atoms with Crippen molar-refractivity contribution in [2.45, 2.75) is 129 Å². The fourth-order valence-electron chi connectivity index (χ4n) is 3.83.